The summed E-state index contributed by atoms with van der Waals surface area (Å²) in [5.74, 6) is 1.40. The number of methoxy groups -OCH3 is 1. The largest absolute Gasteiger partial charge is 0.504 e. The fraction of sp³-hybridized carbons (Fsp3) is 0.600. The fourth-order valence-electron chi connectivity index (χ4n) is 2.22. The molecule has 1 aromatic rings. The molecule has 1 rings (SSSR count). The Hall–Kier alpha value is -1.18. The molecule has 0 bridgehead atoms. The van der Waals surface area contributed by atoms with Crippen LogP contribution in [0.4, 0.5) is 0 Å². The molecule has 0 amide bonds. The van der Waals surface area contributed by atoms with Crippen molar-refractivity contribution in [3.05, 3.63) is 23.8 Å². The molecule has 0 fully saturated rings. The molecule has 0 saturated heterocycles. The Bertz CT molecular complexity index is 334. The summed E-state index contributed by atoms with van der Waals surface area (Å²) in [5, 5.41) is 9.60. The summed E-state index contributed by atoms with van der Waals surface area (Å²) < 4.78 is 5.17. The average Bonchev–Trinajstić information content (AvgIpc) is 2.35. The predicted octanol–water partition coefficient (Wildman–Crippen LogP) is 4.47. The van der Waals surface area contributed by atoms with E-state index in [2.05, 4.69) is 13.8 Å². The number of phenolic OH excluding ortho intramolecular Hbond substituents is 1. The molecule has 0 saturated carbocycles. The van der Waals surface area contributed by atoms with E-state index in [1.54, 1.807) is 13.2 Å². The van der Waals surface area contributed by atoms with Gasteiger partial charge in [0.05, 0.1) is 7.11 Å². The number of ether oxygens (including phenoxy) is 1. The Morgan fingerprint density at radius 2 is 1.94 bits per heavy atom. The van der Waals surface area contributed by atoms with Crippen LogP contribution in [0, 0.1) is 0 Å². The minimum Gasteiger partial charge on any atom is -0.504 e. The lowest BCUT2D eigenvalue weighted by Crippen LogP contribution is -1.99. The standard InChI is InChI=1S/C15H24O2/c1-4-6-8-12(7-5-2)13-9-10-14(16)15(11-13)17-3/h9-12,16H,4-8H2,1-3H3. The van der Waals surface area contributed by atoms with Gasteiger partial charge in [0.25, 0.3) is 0 Å². The van der Waals surface area contributed by atoms with Crippen LogP contribution in [0.3, 0.4) is 0 Å². The molecule has 2 heteroatoms. The molecule has 0 spiro atoms. The van der Waals surface area contributed by atoms with E-state index in [1.807, 2.05) is 12.1 Å². The van der Waals surface area contributed by atoms with Gasteiger partial charge in [0.1, 0.15) is 0 Å². The van der Waals surface area contributed by atoms with Gasteiger partial charge in [0.2, 0.25) is 0 Å². The molecule has 1 N–H and O–H groups in total. The van der Waals surface area contributed by atoms with Crippen molar-refractivity contribution in [2.75, 3.05) is 7.11 Å². The maximum atomic E-state index is 9.60. The Labute approximate surface area is 105 Å². The zero-order valence-electron chi connectivity index (χ0n) is 11.2. The summed E-state index contributed by atoms with van der Waals surface area (Å²) in [6.45, 7) is 4.44. The van der Waals surface area contributed by atoms with Crippen LogP contribution in [0.25, 0.3) is 0 Å². The molecule has 2 nitrogen and oxygen atoms in total. The number of benzene rings is 1. The second kappa shape index (κ2) is 7.21. The van der Waals surface area contributed by atoms with Gasteiger partial charge in [-0.05, 0) is 36.5 Å². The molecule has 0 aliphatic carbocycles. The first-order valence-corrected chi connectivity index (χ1v) is 6.59. The van der Waals surface area contributed by atoms with Crippen LogP contribution in [0.2, 0.25) is 0 Å². The second-order valence-corrected chi connectivity index (χ2v) is 4.56. The van der Waals surface area contributed by atoms with Crippen molar-refractivity contribution >= 4 is 0 Å². The first-order chi connectivity index (χ1) is 8.22. The first kappa shape index (κ1) is 13.9. The summed E-state index contributed by atoms with van der Waals surface area (Å²) in [6, 6.07) is 5.74. The van der Waals surface area contributed by atoms with Crippen molar-refractivity contribution in [3.63, 3.8) is 0 Å². The van der Waals surface area contributed by atoms with E-state index in [1.165, 1.54) is 37.7 Å². The summed E-state index contributed by atoms with van der Waals surface area (Å²) >= 11 is 0. The van der Waals surface area contributed by atoms with Gasteiger partial charge in [-0.15, -0.1) is 0 Å². The molecule has 1 unspecified atom stereocenters. The third-order valence-electron chi connectivity index (χ3n) is 3.22. The van der Waals surface area contributed by atoms with Crippen molar-refractivity contribution < 1.29 is 9.84 Å². The van der Waals surface area contributed by atoms with Crippen LogP contribution in [0.5, 0.6) is 11.5 Å². The van der Waals surface area contributed by atoms with Crippen molar-refractivity contribution in [2.24, 2.45) is 0 Å². The van der Waals surface area contributed by atoms with Crippen LogP contribution < -0.4 is 4.74 Å². The van der Waals surface area contributed by atoms with E-state index >= 15 is 0 Å². The molecular weight excluding hydrogens is 212 g/mol. The smallest absolute Gasteiger partial charge is 0.160 e. The van der Waals surface area contributed by atoms with E-state index in [-0.39, 0.29) is 5.75 Å². The molecule has 0 aliphatic rings. The van der Waals surface area contributed by atoms with Crippen LogP contribution >= 0.6 is 0 Å². The van der Waals surface area contributed by atoms with Crippen LogP contribution in [0.1, 0.15) is 57.4 Å². The Morgan fingerprint density at radius 3 is 2.53 bits per heavy atom. The second-order valence-electron chi connectivity index (χ2n) is 4.56. The van der Waals surface area contributed by atoms with Gasteiger partial charge in [-0.3, -0.25) is 0 Å². The van der Waals surface area contributed by atoms with Crippen molar-refractivity contribution in [1.82, 2.24) is 0 Å². The Morgan fingerprint density at radius 1 is 1.18 bits per heavy atom. The molecule has 96 valence electrons. The van der Waals surface area contributed by atoms with Crippen molar-refractivity contribution in [2.45, 2.75) is 51.9 Å². The third kappa shape index (κ3) is 3.95. The lowest BCUT2D eigenvalue weighted by Gasteiger charge is -2.17. The minimum atomic E-state index is 0.224. The maximum absolute atomic E-state index is 9.60. The van der Waals surface area contributed by atoms with Gasteiger partial charge in [0.15, 0.2) is 11.5 Å². The zero-order valence-corrected chi connectivity index (χ0v) is 11.2. The number of hydrogen-bond donors (Lipinski definition) is 1. The average molecular weight is 236 g/mol. The SMILES string of the molecule is CCCCC(CCC)c1ccc(O)c(OC)c1. The van der Waals surface area contributed by atoms with E-state index in [4.69, 9.17) is 4.74 Å². The number of aromatic hydroxyl groups is 1. The lowest BCUT2D eigenvalue weighted by molar-refractivity contribution is 0.372. The molecule has 0 heterocycles. The highest BCUT2D eigenvalue weighted by molar-refractivity contribution is 5.42. The van der Waals surface area contributed by atoms with Crippen molar-refractivity contribution in [3.8, 4) is 11.5 Å². The molecule has 0 radical (unpaired) electrons. The summed E-state index contributed by atoms with van der Waals surface area (Å²) in [5.41, 5.74) is 1.29. The van der Waals surface area contributed by atoms with Crippen LogP contribution in [-0.2, 0) is 0 Å². The fourth-order valence-corrected chi connectivity index (χ4v) is 2.22. The third-order valence-corrected chi connectivity index (χ3v) is 3.22. The summed E-state index contributed by atoms with van der Waals surface area (Å²) in [7, 11) is 1.60. The van der Waals surface area contributed by atoms with E-state index in [0.29, 0.717) is 11.7 Å². The van der Waals surface area contributed by atoms with E-state index in [0.717, 1.165) is 0 Å². The highest BCUT2D eigenvalue weighted by Crippen LogP contribution is 2.33. The number of unbranched alkanes of at least 4 members (excludes halogenated alkanes) is 1. The molecule has 1 aromatic carbocycles. The highest BCUT2D eigenvalue weighted by atomic mass is 16.5. The zero-order chi connectivity index (χ0) is 12.7. The Balaban J connectivity index is 2.85. The minimum absolute atomic E-state index is 0.224. The van der Waals surface area contributed by atoms with Gasteiger partial charge in [-0.1, -0.05) is 39.2 Å². The summed E-state index contributed by atoms with van der Waals surface area (Å²) in [4.78, 5) is 0. The molecular formula is C15H24O2. The van der Waals surface area contributed by atoms with Crippen molar-refractivity contribution in [1.29, 1.82) is 0 Å². The van der Waals surface area contributed by atoms with E-state index < -0.39 is 0 Å². The topological polar surface area (TPSA) is 29.5 Å². The monoisotopic (exact) mass is 236 g/mol. The maximum Gasteiger partial charge on any atom is 0.160 e. The number of rotatable bonds is 7. The van der Waals surface area contributed by atoms with Gasteiger partial charge in [-0.2, -0.15) is 0 Å². The van der Waals surface area contributed by atoms with Gasteiger partial charge in [-0.25, -0.2) is 0 Å². The van der Waals surface area contributed by atoms with Gasteiger partial charge >= 0.3 is 0 Å². The van der Waals surface area contributed by atoms with E-state index in [9.17, 15) is 5.11 Å². The molecule has 0 aromatic heterocycles. The Kier molecular flexibility index (Phi) is 5.88. The normalized spacial score (nSPS) is 12.4. The van der Waals surface area contributed by atoms with Gasteiger partial charge < -0.3 is 9.84 Å². The van der Waals surface area contributed by atoms with Crippen LogP contribution in [0.15, 0.2) is 18.2 Å². The molecule has 1 atom stereocenters. The highest BCUT2D eigenvalue weighted by Gasteiger charge is 2.12. The predicted molar refractivity (Wildman–Crippen MR) is 71.8 cm³/mol. The summed E-state index contributed by atoms with van der Waals surface area (Å²) in [6.07, 6.45) is 6.10. The quantitative estimate of drug-likeness (QED) is 0.756. The number of phenols is 1. The molecule has 17 heavy (non-hydrogen) atoms. The number of hydrogen-bond acceptors (Lipinski definition) is 2. The lowest BCUT2D eigenvalue weighted by atomic mass is 9.89. The van der Waals surface area contributed by atoms with Gasteiger partial charge in [0, 0.05) is 0 Å². The molecule has 0 aliphatic heterocycles. The van der Waals surface area contributed by atoms with Crippen LogP contribution in [-0.4, -0.2) is 12.2 Å². The first-order valence-electron chi connectivity index (χ1n) is 6.59.